The summed E-state index contributed by atoms with van der Waals surface area (Å²) in [4.78, 5) is 9.00. The number of aliphatic carboxylic acids is 1. The van der Waals surface area contributed by atoms with Crippen LogP contribution in [0.25, 0.3) is 0 Å². The van der Waals surface area contributed by atoms with E-state index in [4.69, 9.17) is 9.90 Å². The highest BCUT2D eigenvalue weighted by atomic mass is 32.2. The Morgan fingerprint density at radius 3 is 2.43 bits per heavy atom. The number of carboxylic acids is 1. The summed E-state index contributed by atoms with van der Waals surface area (Å²) < 4.78 is 28.0. The molecule has 2 fully saturated rings. The summed E-state index contributed by atoms with van der Waals surface area (Å²) in [5, 5.41) is 10.8. The van der Waals surface area contributed by atoms with Crippen LogP contribution in [0, 0.1) is 0 Å². The van der Waals surface area contributed by atoms with Crippen LogP contribution in [-0.2, 0) is 15.0 Å². The second kappa shape index (κ2) is 9.34. The molecule has 1 atom stereocenters. The first-order chi connectivity index (χ1) is 9.92. The summed E-state index contributed by atoms with van der Waals surface area (Å²) in [6.45, 7) is 4.06. The third-order valence-electron chi connectivity index (χ3n) is 3.59. The maximum atomic E-state index is 11.9. The number of hydrogen-bond donors (Lipinski definition) is 3. The van der Waals surface area contributed by atoms with Crippen LogP contribution in [0.1, 0.15) is 45.4 Å². The summed E-state index contributed by atoms with van der Waals surface area (Å²) in [6, 6.07) is 0.491. The van der Waals surface area contributed by atoms with Gasteiger partial charge in [-0.2, -0.15) is 12.7 Å². The quantitative estimate of drug-likeness (QED) is 0.686. The van der Waals surface area contributed by atoms with Gasteiger partial charge in [0.15, 0.2) is 0 Å². The van der Waals surface area contributed by atoms with Gasteiger partial charge in [-0.25, -0.2) is 4.72 Å². The van der Waals surface area contributed by atoms with Crippen LogP contribution in [-0.4, -0.2) is 56.0 Å². The number of nitrogens with zero attached hydrogens (tertiary/aromatic N) is 1. The summed E-state index contributed by atoms with van der Waals surface area (Å²) >= 11 is 0. The molecule has 21 heavy (non-hydrogen) atoms. The van der Waals surface area contributed by atoms with E-state index in [-0.39, 0.29) is 0 Å². The van der Waals surface area contributed by atoms with Crippen LogP contribution in [0.2, 0.25) is 0 Å². The molecule has 3 N–H and O–H groups in total. The van der Waals surface area contributed by atoms with Gasteiger partial charge in [-0.1, -0.05) is 6.42 Å². The lowest BCUT2D eigenvalue weighted by atomic mass is 10.0. The molecule has 2 aliphatic heterocycles. The van der Waals surface area contributed by atoms with E-state index in [1.807, 2.05) is 0 Å². The lowest BCUT2D eigenvalue weighted by Gasteiger charge is -2.24. The second-order valence-corrected chi connectivity index (χ2v) is 7.22. The smallest absolute Gasteiger partial charge is 0.300 e. The van der Waals surface area contributed by atoms with Crippen molar-refractivity contribution in [1.29, 1.82) is 0 Å². The Hall–Kier alpha value is -0.700. The number of piperidine rings is 1. The summed E-state index contributed by atoms with van der Waals surface area (Å²) in [7, 11) is -3.21. The summed E-state index contributed by atoms with van der Waals surface area (Å²) in [5.41, 5.74) is 0. The average molecular weight is 321 g/mol. The van der Waals surface area contributed by atoms with E-state index in [2.05, 4.69) is 10.0 Å². The van der Waals surface area contributed by atoms with Crippen LogP contribution in [0.4, 0.5) is 0 Å². The zero-order valence-electron chi connectivity index (χ0n) is 12.7. The molecular weight excluding hydrogens is 294 g/mol. The largest absolute Gasteiger partial charge is 0.481 e. The molecule has 0 radical (unpaired) electrons. The highest BCUT2D eigenvalue weighted by molar-refractivity contribution is 7.87. The maximum Gasteiger partial charge on any atom is 0.300 e. The Kier molecular flexibility index (Phi) is 8.16. The van der Waals surface area contributed by atoms with Gasteiger partial charge >= 0.3 is 0 Å². The lowest BCUT2D eigenvalue weighted by molar-refractivity contribution is -0.134. The van der Waals surface area contributed by atoms with Gasteiger partial charge in [-0.05, 0) is 38.6 Å². The second-order valence-electron chi connectivity index (χ2n) is 5.46. The first-order valence-electron chi connectivity index (χ1n) is 7.59. The monoisotopic (exact) mass is 321 g/mol. The fourth-order valence-electron chi connectivity index (χ4n) is 2.55. The van der Waals surface area contributed by atoms with E-state index in [1.54, 1.807) is 4.31 Å². The third kappa shape index (κ3) is 7.75. The maximum absolute atomic E-state index is 11.9. The van der Waals surface area contributed by atoms with E-state index in [9.17, 15) is 8.42 Å². The molecule has 0 aliphatic carbocycles. The molecule has 7 nitrogen and oxygen atoms in total. The number of carboxylic acid groups (broad SMARTS) is 1. The van der Waals surface area contributed by atoms with E-state index in [0.29, 0.717) is 25.7 Å². The van der Waals surface area contributed by atoms with Crippen molar-refractivity contribution in [3.8, 4) is 0 Å². The minimum absolute atomic E-state index is 0.491. The molecule has 8 heteroatoms. The highest BCUT2D eigenvalue weighted by Crippen LogP contribution is 2.12. The topological polar surface area (TPSA) is 98.7 Å². The van der Waals surface area contributed by atoms with Crippen molar-refractivity contribution in [3.63, 3.8) is 0 Å². The van der Waals surface area contributed by atoms with Gasteiger partial charge in [0.05, 0.1) is 0 Å². The van der Waals surface area contributed by atoms with Gasteiger partial charge in [0.25, 0.3) is 16.2 Å². The molecule has 2 aliphatic rings. The van der Waals surface area contributed by atoms with E-state index >= 15 is 0 Å². The van der Waals surface area contributed by atoms with Crippen LogP contribution in [0.3, 0.4) is 0 Å². The molecule has 0 amide bonds. The Morgan fingerprint density at radius 2 is 1.90 bits per heavy atom. The van der Waals surface area contributed by atoms with E-state index in [1.165, 1.54) is 19.3 Å². The van der Waals surface area contributed by atoms with Crippen molar-refractivity contribution in [2.45, 2.75) is 51.5 Å². The predicted octanol–water partition coefficient (Wildman–Crippen LogP) is 0.540. The van der Waals surface area contributed by atoms with Crippen molar-refractivity contribution in [1.82, 2.24) is 14.3 Å². The first-order valence-corrected chi connectivity index (χ1v) is 9.03. The van der Waals surface area contributed by atoms with Crippen molar-refractivity contribution < 1.29 is 18.3 Å². The van der Waals surface area contributed by atoms with Crippen molar-refractivity contribution in [2.24, 2.45) is 0 Å². The van der Waals surface area contributed by atoms with Gasteiger partial charge in [0, 0.05) is 32.6 Å². The molecule has 0 aromatic heterocycles. The van der Waals surface area contributed by atoms with E-state index < -0.39 is 16.2 Å². The van der Waals surface area contributed by atoms with Gasteiger partial charge < -0.3 is 10.4 Å². The molecular formula is C13H27N3O4S. The average Bonchev–Trinajstić information content (AvgIpc) is 2.94. The van der Waals surface area contributed by atoms with Crippen LogP contribution >= 0.6 is 0 Å². The highest BCUT2D eigenvalue weighted by Gasteiger charge is 2.24. The predicted molar refractivity (Wildman–Crippen MR) is 81.3 cm³/mol. The minimum Gasteiger partial charge on any atom is -0.481 e. The van der Waals surface area contributed by atoms with Crippen molar-refractivity contribution >= 4 is 16.2 Å². The van der Waals surface area contributed by atoms with Crippen LogP contribution < -0.4 is 10.0 Å². The molecule has 0 spiro atoms. The zero-order valence-corrected chi connectivity index (χ0v) is 13.5. The fraction of sp³-hybridized carbons (Fsp3) is 0.923. The number of nitrogens with one attached hydrogen (secondary N) is 2. The molecule has 2 rings (SSSR count). The Bertz CT molecular complexity index is 398. The van der Waals surface area contributed by atoms with Gasteiger partial charge in [-0.15, -0.1) is 0 Å². The third-order valence-corrected chi connectivity index (χ3v) is 5.21. The number of hydrogen-bond acceptors (Lipinski definition) is 4. The lowest BCUT2D eigenvalue weighted by Crippen LogP contribution is -2.42. The first kappa shape index (κ1) is 18.3. The summed E-state index contributed by atoms with van der Waals surface area (Å²) in [5.74, 6) is -0.833. The molecule has 1 unspecified atom stereocenters. The normalized spacial score (nSPS) is 23.4. The number of carbonyl (C=O) groups is 1. The molecule has 0 saturated carbocycles. The molecule has 2 heterocycles. The zero-order chi connectivity index (χ0) is 15.7. The van der Waals surface area contributed by atoms with Crippen LogP contribution in [0.5, 0.6) is 0 Å². The summed E-state index contributed by atoms with van der Waals surface area (Å²) in [6.07, 6.45) is 6.56. The minimum atomic E-state index is -3.21. The molecule has 0 aromatic rings. The van der Waals surface area contributed by atoms with Gasteiger partial charge in [0.2, 0.25) is 0 Å². The van der Waals surface area contributed by atoms with Crippen molar-refractivity contribution in [2.75, 3.05) is 26.2 Å². The fourth-order valence-corrected chi connectivity index (χ4v) is 3.85. The van der Waals surface area contributed by atoms with Gasteiger partial charge in [-0.3, -0.25) is 4.79 Å². The van der Waals surface area contributed by atoms with Gasteiger partial charge in [0.1, 0.15) is 0 Å². The SMILES string of the molecule is CC(=O)O.O=S(=O)(NCCC1CCCCN1)N1CCCC1. The Labute approximate surface area is 127 Å². The van der Waals surface area contributed by atoms with Crippen LogP contribution in [0.15, 0.2) is 0 Å². The van der Waals surface area contributed by atoms with E-state index in [0.717, 1.165) is 32.7 Å². The molecule has 0 aromatic carbocycles. The standard InChI is InChI=1S/C11H23N3O2S.C2H4O2/c15-17(16,14-9-3-4-10-14)13-8-6-11-5-1-2-7-12-11;1-2(3)4/h11-13H,1-10H2;1H3,(H,3,4). The van der Waals surface area contributed by atoms with Crippen molar-refractivity contribution in [3.05, 3.63) is 0 Å². The molecule has 124 valence electrons. The number of rotatable bonds is 5. The molecule has 0 bridgehead atoms. The Balaban J connectivity index is 0.000000491. The Morgan fingerprint density at radius 1 is 1.29 bits per heavy atom. The molecule has 2 saturated heterocycles.